The fourth-order valence-corrected chi connectivity index (χ4v) is 3.88. The highest BCUT2D eigenvalue weighted by Gasteiger charge is 2.21. The van der Waals surface area contributed by atoms with Gasteiger partial charge in [0.15, 0.2) is 0 Å². The molecule has 2 heterocycles. The Balaban J connectivity index is 1.73. The molecule has 17 heavy (non-hydrogen) atoms. The van der Waals surface area contributed by atoms with Crippen LogP contribution in [0.2, 0.25) is 0 Å². The van der Waals surface area contributed by atoms with Crippen LogP contribution in [0.3, 0.4) is 0 Å². The van der Waals surface area contributed by atoms with Crippen LogP contribution in [0.15, 0.2) is 0 Å². The fraction of sp³-hybridized carbons (Fsp3) is 1.00. The maximum atomic E-state index is 3.64. The standard InChI is InChI=1S/C13H27N3S/c1-12-10-15(2)6-3-7-16(12)8-4-13-11-17-9-5-14-13/h12-14H,3-11H2,1-2H3. The molecule has 2 rings (SSSR count). The second kappa shape index (κ2) is 6.98. The zero-order valence-corrected chi connectivity index (χ0v) is 12.1. The van der Waals surface area contributed by atoms with Crippen LogP contribution in [0.4, 0.5) is 0 Å². The van der Waals surface area contributed by atoms with Crippen molar-refractivity contribution in [3.05, 3.63) is 0 Å². The van der Waals surface area contributed by atoms with Crippen molar-refractivity contribution < 1.29 is 0 Å². The zero-order chi connectivity index (χ0) is 12.1. The predicted octanol–water partition coefficient (Wildman–Crippen LogP) is 1.11. The molecule has 2 aliphatic rings. The summed E-state index contributed by atoms with van der Waals surface area (Å²) in [5, 5.41) is 3.64. The molecule has 2 fully saturated rings. The van der Waals surface area contributed by atoms with Gasteiger partial charge in [-0.15, -0.1) is 0 Å². The largest absolute Gasteiger partial charge is 0.312 e. The Kier molecular flexibility index (Phi) is 5.60. The molecule has 0 radical (unpaired) electrons. The van der Waals surface area contributed by atoms with E-state index >= 15 is 0 Å². The second-order valence-electron chi connectivity index (χ2n) is 5.52. The summed E-state index contributed by atoms with van der Waals surface area (Å²) in [6.45, 7) is 8.63. The molecule has 0 aliphatic carbocycles. The van der Waals surface area contributed by atoms with Gasteiger partial charge in [-0.25, -0.2) is 0 Å². The summed E-state index contributed by atoms with van der Waals surface area (Å²) in [6.07, 6.45) is 2.65. The lowest BCUT2D eigenvalue weighted by Gasteiger charge is -2.30. The fourth-order valence-electron chi connectivity index (χ4n) is 2.88. The van der Waals surface area contributed by atoms with E-state index in [2.05, 4.69) is 40.8 Å². The van der Waals surface area contributed by atoms with Gasteiger partial charge in [0.1, 0.15) is 0 Å². The van der Waals surface area contributed by atoms with E-state index in [9.17, 15) is 0 Å². The first-order valence-corrected chi connectivity index (χ1v) is 8.15. The molecule has 0 amide bonds. The summed E-state index contributed by atoms with van der Waals surface area (Å²) < 4.78 is 0. The van der Waals surface area contributed by atoms with E-state index in [0.717, 1.165) is 12.1 Å². The number of nitrogens with one attached hydrogen (secondary N) is 1. The molecular weight excluding hydrogens is 230 g/mol. The first-order valence-electron chi connectivity index (χ1n) is 6.99. The van der Waals surface area contributed by atoms with E-state index in [1.165, 1.54) is 57.1 Å². The van der Waals surface area contributed by atoms with Gasteiger partial charge in [-0.1, -0.05) is 0 Å². The first kappa shape index (κ1) is 13.7. The summed E-state index contributed by atoms with van der Waals surface area (Å²) in [5.74, 6) is 2.60. The monoisotopic (exact) mass is 257 g/mol. The Morgan fingerprint density at radius 3 is 3.00 bits per heavy atom. The van der Waals surface area contributed by atoms with E-state index in [1.807, 2.05) is 0 Å². The number of hydrogen-bond donors (Lipinski definition) is 1. The van der Waals surface area contributed by atoms with Gasteiger partial charge in [-0.2, -0.15) is 11.8 Å². The maximum Gasteiger partial charge on any atom is 0.0194 e. The molecule has 100 valence electrons. The molecular formula is C13H27N3S. The molecule has 2 atom stereocenters. The molecule has 2 saturated heterocycles. The van der Waals surface area contributed by atoms with Crippen LogP contribution in [-0.2, 0) is 0 Å². The highest BCUT2D eigenvalue weighted by molar-refractivity contribution is 7.99. The van der Waals surface area contributed by atoms with Gasteiger partial charge in [0, 0.05) is 36.7 Å². The minimum atomic E-state index is 0.721. The lowest BCUT2D eigenvalue weighted by atomic mass is 10.2. The van der Waals surface area contributed by atoms with Gasteiger partial charge in [0.25, 0.3) is 0 Å². The van der Waals surface area contributed by atoms with Crippen molar-refractivity contribution >= 4 is 11.8 Å². The van der Waals surface area contributed by atoms with Gasteiger partial charge in [-0.05, 0) is 46.4 Å². The van der Waals surface area contributed by atoms with Gasteiger partial charge in [0.2, 0.25) is 0 Å². The minimum Gasteiger partial charge on any atom is -0.312 e. The molecule has 1 N–H and O–H groups in total. The third-order valence-electron chi connectivity index (χ3n) is 3.95. The van der Waals surface area contributed by atoms with Crippen LogP contribution in [-0.4, -0.2) is 73.2 Å². The highest BCUT2D eigenvalue weighted by atomic mass is 32.2. The molecule has 0 aromatic heterocycles. The molecule has 0 aromatic carbocycles. The molecule has 3 nitrogen and oxygen atoms in total. The average Bonchev–Trinajstić information content (AvgIpc) is 2.49. The van der Waals surface area contributed by atoms with Crippen LogP contribution in [0, 0.1) is 0 Å². The number of rotatable bonds is 3. The van der Waals surface area contributed by atoms with E-state index in [0.29, 0.717) is 0 Å². The highest BCUT2D eigenvalue weighted by Crippen LogP contribution is 2.13. The lowest BCUT2D eigenvalue weighted by Crippen LogP contribution is -2.43. The smallest absolute Gasteiger partial charge is 0.0194 e. The van der Waals surface area contributed by atoms with Crippen molar-refractivity contribution in [2.45, 2.75) is 31.8 Å². The Morgan fingerprint density at radius 1 is 1.35 bits per heavy atom. The summed E-state index contributed by atoms with van der Waals surface area (Å²) in [4.78, 5) is 5.16. The van der Waals surface area contributed by atoms with Crippen molar-refractivity contribution in [1.29, 1.82) is 0 Å². The third kappa shape index (κ3) is 4.43. The van der Waals surface area contributed by atoms with Crippen LogP contribution in [0.1, 0.15) is 19.8 Å². The Morgan fingerprint density at radius 2 is 2.24 bits per heavy atom. The predicted molar refractivity (Wildman–Crippen MR) is 76.9 cm³/mol. The second-order valence-corrected chi connectivity index (χ2v) is 6.67. The van der Waals surface area contributed by atoms with Gasteiger partial charge >= 0.3 is 0 Å². The molecule has 0 aromatic rings. The van der Waals surface area contributed by atoms with E-state index in [-0.39, 0.29) is 0 Å². The number of likely N-dealkylation sites (N-methyl/N-ethyl adjacent to an activating group) is 1. The molecule has 2 unspecified atom stereocenters. The Hall–Kier alpha value is 0.230. The van der Waals surface area contributed by atoms with Crippen LogP contribution < -0.4 is 5.32 Å². The van der Waals surface area contributed by atoms with Gasteiger partial charge < -0.3 is 10.2 Å². The minimum absolute atomic E-state index is 0.721. The first-order chi connectivity index (χ1) is 8.25. The molecule has 0 saturated carbocycles. The zero-order valence-electron chi connectivity index (χ0n) is 11.3. The summed E-state index contributed by atoms with van der Waals surface area (Å²) >= 11 is 2.11. The number of hydrogen-bond acceptors (Lipinski definition) is 4. The van der Waals surface area contributed by atoms with Crippen LogP contribution in [0.5, 0.6) is 0 Å². The number of thioether (sulfide) groups is 1. The van der Waals surface area contributed by atoms with Crippen molar-refractivity contribution in [1.82, 2.24) is 15.1 Å². The molecule has 0 bridgehead atoms. The molecule has 2 aliphatic heterocycles. The van der Waals surface area contributed by atoms with Gasteiger partial charge in [-0.3, -0.25) is 4.90 Å². The lowest BCUT2D eigenvalue weighted by molar-refractivity contribution is 0.194. The van der Waals surface area contributed by atoms with Crippen LogP contribution in [0.25, 0.3) is 0 Å². The normalized spacial score (nSPS) is 33.5. The average molecular weight is 257 g/mol. The van der Waals surface area contributed by atoms with Crippen molar-refractivity contribution in [2.75, 3.05) is 51.3 Å². The summed E-state index contributed by atoms with van der Waals surface area (Å²) in [7, 11) is 2.25. The van der Waals surface area contributed by atoms with Crippen molar-refractivity contribution in [3.8, 4) is 0 Å². The summed E-state index contributed by atoms with van der Waals surface area (Å²) in [6, 6.07) is 1.47. The van der Waals surface area contributed by atoms with Crippen molar-refractivity contribution in [2.24, 2.45) is 0 Å². The topological polar surface area (TPSA) is 18.5 Å². The van der Waals surface area contributed by atoms with E-state index < -0.39 is 0 Å². The van der Waals surface area contributed by atoms with Crippen LogP contribution >= 0.6 is 11.8 Å². The maximum absolute atomic E-state index is 3.64. The third-order valence-corrected chi connectivity index (χ3v) is 5.08. The number of nitrogens with zero attached hydrogens (tertiary/aromatic N) is 2. The van der Waals surface area contributed by atoms with Gasteiger partial charge in [0.05, 0.1) is 0 Å². The Bertz CT molecular complexity index is 219. The van der Waals surface area contributed by atoms with Crippen molar-refractivity contribution in [3.63, 3.8) is 0 Å². The molecule has 4 heteroatoms. The quantitative estimate of drug-likeness (QED) is 0.816. The molecule has 0 spiro atoms. The van der Waals surface area contributed by atoms with E-state index in [1.54, 1.807) is 0 Å². The summed E-state index contributed by atoms with van der Waals surface area (Å²) in [5.41, 5.74) is 0. The SMILES string of the molecule is CC1CN(C)CCCN1CCC1CSCCN1. The Labute approximate surface area is 110 Å². The van der Waals surface area contributed by atoms with E-state index in [4.69, 9.17) is 0 Å².